The Balaban J connectivity index is 1.71. The smallest absolute Gasteiger partial charge is 0.257 e. The molecule has 0 radical (unpaired) electrons. The van der Waals surface area contributed by atoms with Crippen molar-refractivity contribution < 1.29 is 9.36 Å². The van der Waals surface area contributed by atoms with Crippen LogP contribution in [0, 0.1) is 0 Å². The van der Waals surface area contributed by atoms with Crippen LogP contribution in [0.4, 0.5) is 0 Å². The number of hydrogen-bond acceptors (Lipinski definition) is 1. The van der Waals surface area contributed by atoms with Crippen molar-refractivity contribution in [3.05, 3.63) is 76.2 Å². The summed E-state index contributed by atoms with van der Waals surface area (Å²) in [6.45, 7) is 1.30. The normalized spacial score (nSPS) is 13.9. The number of Topliss-reactive ketones (excluding diaryl/α,β-unsaturated/α-hetero) is 1. The Bertz CT molecular complexity index is 979. The highest BCUT2D eigenvalue weighted by Gasteiger charge is 2.27. The van der Waals surface area contributed by atoms with Gasteiger partial charge in [-0.2, -0.15) is 0 Å². The first-order valence-corrected chi connectivity index (χ1v) is 10.0. The molecule has 0 amide bonds. The zero-order valence-electron chi connectivity index (χ0n) is 15.0. The molecule has 27 heavy (non-hydrogen) atoms. The average molecular weight is 400 g/mol. The molecule has 0 aliphatic carbocycles. The number of ketones is 1. The topological polar surface area (TPSA) is 25.9 Å². The molecule has 3 aromatic rings. The molecule has 1 aliphatic heterocycles. The predicted molar refractivity (Wildman–Crippen MR) is 108 cm³/mol. The molecule has 0 spiro atoms. The Hall–Kier alpha value is -2.10. The first kappa shape index (κ1) is 18.3. The summed E-state index contributed by atoms with van der Waals surface area (Å²) < 4.78 is 4.49. The van der Waals surface area contributed by atoms with Gasteiger partial charge in [0, 0.05) is 17.5 Å². The van der Waals surface area contributed by atoms with Crippen molar-refractivity contribution in [2.75, 3.05) is 0 Å². The Morgan fingerprint density at radius 3 is 2.59 bits per heavy atom. The molecular formula is C22H21Cl2N2O+. The zero-order valence-corrected chi connectivity index (χ0v) is 16.5. The highest BCUT2D eigenvalue weighted by atomic mass is 35.5. The van der Waals surface area contributed by atoms with E-state index in [9.17, 15) is 4.79 Å². The zero-order chi connectivity index (χ0) is 18.8. The first-order chi connectivity index (χ1) is 13.1. The number of carbonyl (C=O) groups is 1. The molecule has 0 saturated carbocycles. The Labute approximate surface area is 169 Å². The SMILES string of the molecule is O=C(C[n+]1cc(-c2ccccc2)n2c1CCCCC2)c1ccc(Cl)c(Cl)c1. The second kappa shape index (κ2) is 7.87. The molecule has 0 saturated heterocycles. The third-order valence-corrected chi connectivity index (χ3v) is 5.86. The lowest BCUT2D eigenvalue weighted by Crippen LogP contribution is -2.40. The lowest BCUT2D eigenvalue weighted by Gasteiger charge is -2.04. The van der Waals surface area contributed by atoms with Gasteiger partial charge in [0.2, 0.25) is 5.78 Å². The fraction of sp³-hybridized carbons (Fsp3) is 0.273. The predicted octanol–water partition coefficient (Wildman–Crippen LogP) is 5.36. The minimum absolute atomic E-state index is 0.0378. The maximum absolute atomic E-state index is 12.9. The number of nitrogens with zero attached hydrogens (tertiary/aromatic N) is 2. The van der Waals surface area contributed by atoms with Gasteiger partial charge < -0.3 is 0 Å². The van der Waals surface area contributed by atoms with Crippen LogP contribution in [0.1, 0.15) is 35.4 Å². The molecule has 2 heterocycles. The molecular weight excluding hydrogens is 379 g/mol. The van der Waals surface area contributed by atoms with E-state index in [1.54, 1.807) is 18.2 Å². The van der Waals surface area contributed by atoms with Gasteiger partial charge in [-0.05, 0) is 37.5 Å². The molecule has 138 valence electrons. The standard InChI is InChI=1S/C22H21Cl2N2O/c23-18-11-10-17(13-19(18)24)21(27)15-25-14-20(16-7-3-1-4-8-16)26-12-6-2-5-9-22(25)26/h1,3-4,7-8,10-11,13-14H,2,5-6,9,12,15H2/q+1. The Morgan fingerprint density at radius 2 is 1.81 bits per heavy atom. The third-order valence-electron chi connectivity index (χ3n) is 5.12. The van der Waals surface area contributed by atoms with E-state index in [0.717, 1.165) is 19.4 Å². The van der Waals surface area contributed by atoms with Gasteiger partial charge >= 0.3 is 0 Å². The van der Waals surface area contributed by atoms with E-state index in [-0.39, 0.29) is 5.78 Å². The molecule has 0 unspecified atom stereocenters. The number of rotatable bonds is 4. The molecule has 4 rings (SSSR count). The van der Waals surface area contributed by atoms with Crippen molar-refractivity contribution in [1.82, 2.24) is 4.57 Å². The van der Waals surface area contributed by atoms with Gasteiger partial charge in [0.15, 0.2) is 12.2 Å². The third kappa shape index (κ3) is 3.80. The van der Waals surface area contributed by atoms with E-state index in [1.807, 2.05) is 6.07 Å². The highest BCUT2D eigenvalue weighted by molar-refractivity contribution is 6.42. The second-order valence-corrected chi connectivity index (χ2v) is 7.75. The van der Waals surface area contributed by atoms with Crippen molar-refractivity contribution in [3.63, 3.8) is 0 Å². The van der Waals surface area contributed by atoms with E-state index >= 15 is 0 Å². The summed E-state index contributed by atoms with van der Waals surface area (Å²) in [4.78, 5) is 12.9. The summed E-state index contributed by atoms with van der Waals surface area (Å²) in [7, 11) is 0. The molecule has 0 atom stereocenters. The Morgan fingerprint density at radius 1 is 1.00 bits per heavy atom. The second-order valence-electron chi connectivity index (χ2n) is 6.94. The maximum atomic E-state index is 12.9. The van der Waals surface area contributed by atoms with Gasteiger partial charge in [-0.15, -0.1) is 0 Å². The number of hydrogen-bond donors (Lipinski definition) is 0. The van der Waals surface area contributed by atoms with Gasteiger partial charge in [-0.25, -0.2) is 9.13 Å². The summed E-state index contributed by atoms with van der Waals surface area (Å²) in [5, 5.41) is 0.873. The van der Waals surface area contributed by atoms with Crippen LogP contribution in [-0.2, 0) is 19.5 Å². The summed E-state index contributed by atoms with van der Waals surface area (Å²) in [6.07, 6.45) is 6.64. The monoisotopic (exact) mass is 399 g/mol. The fourth-order valence-corrected chi connectivity index (χ4v) is 4.03. The van der Waals surface area contributed by atoms with Crippen LogP contribution < -0.4 is 4.57 Å². The van der Waals surface area contributed by atoms with Crippen molar-refractivity contribution in [1.29, 1.82) is 0 Å². The molecule has 5 heteroatoms. The summed E-state index contributed by atoms with van der Waals surface area (Å²) >= 11 is 12.1. The Kier molecular flexibility index (Phi) is 5.33. The van der Waals surface area contributed by atoms with Crippen molar-refractivity contribution in [2.45, 2.75) is 38.8 Å². The highest BCUT2D eigenvalue weighted by Crippen LogP contribution is 2.25. The molecule has 0 fully saturated rings. The van der Waals surface area contributed by atoms with Gasteiger partial charge in [0.25, 0.3) is 5.82 Å². The fourth-order valence-electron chi connectivity index (χ4n) is 3.74. The van der Waals surface area contributed by atoms with E-state index in [1.165, 1.54) is 29.9 Å². The van der Waals surface area contributed by atoms with Crippen LogP contribution in [0.5, 0.6) is 0 Å². The lowest BCUT2D eigenvalue weighted by molar-refractivity contribution is -0.690. The van der Waals surface area contributed by atoms with Crippen molar-refractivity contribution >= 4 is 29.0 Å². The van der Waals surface area contributed by atoms with E-state index in [4.69, 9.17) is 23.2 Å². The van der Waals surface area contributed by atoms with Crippen molar-refractivity contribution in [2.24, 2.45) is 0 Å². The number of aromatic nitrogens is 2. The van der Waals surface area contributed by atoms with Crippen molar-refractivity contribution in [3.8, 4) is 11.3 Å². The summed E-state index contributed by atoms with van der Waals surface area (Å²) in [5.74, 6) is 1.26. The molecule has 0 bridgehead atoms. The molecule has 1 aliphatic rings. The lowest BCUT2D eigenvalue weighted by atomic mass is 10.1. The van der Waals surface area contributed by atoms with Crippen LogP contribution in [0.15, 0.2) is 54.7 Å². The number of halogens is 2. The molecule has 1 aromatic heterocycles. The molecule has 0 N–H and O–H groups in total. The van der Waals surface area contributed by atoms with Crippen LogP contribution in [0.2, 0.25) is 10.0 Å². The number of benzene rings is 2. The minimum atomic E-state index is 0.0378. The average Bonchev–Trinajstić information content (AvgIpc) is 2.85. The van der Waals surface area contributed by atoms with E-state index < -0.39 is 0 Å². The molecule has 2 aromatic carbocycles. The van der Waals surface area contributed by atoms with Gasteiger partial charge in [-0.1, -0.05) is 53.5 Å². The van der Waals surface area contributed by atoms with Gasteiger partial charge in [0.1, 0.15) is 6.20 Å². The number of fused-ring (bicyclic) bond motifs is 1. The largest absolute Gasteiger partial charge is 0.290 e. The summed E-state index contributed by atoms with van der Waals surface area (Å²) in [6, 6.07) is 15.4. The number of imidazole rings is 1. The summed E-state index contributed by atoms with van der Waals surface area (Å²) in [5.41, 5.74) is 2.95. The van der Waals surface area contributed by atoms with Crippen LogP contribution >= 0.6 is 23.2 Å². The van der Waals surface area contributed by atoms with Gasteiger partial charge in [-0.3, -0.25) is 4.79 Å². The van der Waals surface area contributed by atoms with Crippen LogP contribution in [-0.4, -0.2) is 10.4 Å². The minimum Gasteiger partial charge on any atom is -0.290 e. The van der Waals surface area contributed by atoms with Crippen LogP contribution in [0.3, 0.4) is 0 Å². The van der Waals surface area contributed by atoms with Crippen LogP contribution in [0.25, 0.3) is 11.3 Å². The molecule has 3 nitrogen and oxygen atoms in total. The number of carbonyl (C=O) groups excluding carboxylic acids is 1. The van der Waals surface area contributed by atoms with E-state index in [0.29, 0.717) is 22.2 Å². The first-order valence-electron chi connectivity index (χ1n) is 9.29. The quantitative estimate of drug-likeness (QED) is 0.428. The van der Waals surface area contributed by atoms with E-state index in [2.05, 4.69) is 39.6 Å². The maximum Gasteiger partial charge on any atom is 0.257 e. The van der Waals surface area contributed by atoms with Gasteiger partial charge in [0.05, 0.1) is 16.6 Å².